The van der Waals surface area contributed by atoms with E-state index in [-0.39, 0.29) is 5.41 Å². The lowest BCUT2D eigenvalue weighted by Crippen LogP contribution is -2.38. The van der Waals surface area contributed by atoms with Gasteiger partial charge in [-0.05, 0) is 47.2 Å². The van der Waals surface area contributed by atoms with Crippen LogP contribution in [0.5, 0.6) is 0 Å². The average Bonchev–Trinajstić information content (AvgIpc) is 2.76. The van der Waals surface area contributed by atoms with Crippen LogP contribution >= 0.6 is 0 Å². The standard InChI is InChI=1S/C26H23N/c1-27-24-18-10-8-16-22(24)26(20-12-4-2-5-13-20,21-14-6-3-7-15-21)23-17-9-11-19-25(23)27/h2,4-6,8-19H,3,7H2,1H3. The predicted molar refractivity (Wildman–Crippen MR) is 114 cm³/mol. The van der Waals surface area contributed by atoms with Crippen molar-refractivity contribution >= 4 is 11.4 Å². The predicted octanol–water partition coefficient (Wildman–Crippen LogP) is 6.38. The van der Waals surface area contributed by atoms with Gasteiger partial charge in [0.15, 0.2) is 0 Å². The molecule has 1 aliphatic carbocycles. The number of hydrogen-bond acceptors (Lipinski definition) is 1. The van der Waals surface area contributed by atoms with E-state index in [4.69, 9.17) is 0 Å². The number of allylic oxidation sites excluding steroid dienone is 4. The molecule has 0 saturated carbocycles. The molecule has 0 radical (unpaired) electrons. The zero-order valence-electron chi connectivity index (χ0n) is 15.6. The minimum atomic E-state index is -0.280. The summed E-state index contributed by atoms with van der Waals surface area (Å²) < 4.78 is 0. The fourth-order valence-electron chi connectivity index (χ4n) is 4.81. The average molecular weight is 349 g/mol. The molecule has 0 unspecified atom stereocenters. The third kappa shape index (κ3) is 2.24. The van der Waals surface area contributed by atoms with Crippen molar-refractivity contribution in [2.45, 2.75) is 18.3 Å². The summed E-state index contributed by atoms with van der Waals surface area (Å²) in [6, 6.07) is 28.7. The Balaban J connectivity index is 1.95. The number of hydrogen-bond donors (Lipinski definition) is 0. The molecule has 2 aliphatic rings. The zero-order chi connectivity index (χ0) is 18.3. The minimum absolute atomic E-state index is 0.280. The molecule has 0 bridgehead atoms. The molecular weight excluding hydrogens is 326 g/mol. The maximum Gasteiger partial charge on any atom is 0.0738 e. The third-order valence-corrected chi connectivity index (χ3v) is 5.97. The van der Waals surface area contributed by atoms with Crippen molar-refractivity contribution in [1.29, 1.82) is 0 Å². The van der Waals surface area contributed by atoms with E-state index >= 15 is 0 Å². The molecule has 0 atom stereocenters. The maximum atomic E-state index is 2.44. The van der Waals surface area contributed by atoms with Gasteiger partial charge in [-0.15, -0.1) is 0 Å². The fraction of sp³-hybridized carbons (Fsp3) is 0.154. The van der Waals surface area contributed by atoms with Crippen LogP contribution in [-0.4, -0.2) is 7.05 Å². The van der Waals surface area contributed by atoms with E-state index in [0.29, 0.717) is 0 Å². The van der Waals surface area contributed by atoms with Gasteiger partial charge in [0.05, 0.1) is 5.41 Å². The van der Waals surface area contributed by atoms with Gasteiger partial charge in [0.1, 0.15) is 0 Å². The third-order valence-electron chi connectivity index (χ3n) is 5.97. The molecule has 0 fully saturated rings. The summed E-state index contributed by atoms with van der Waals surface area (Å²) in [6.07, 6.45) is 9.32. The molecular formula is C26H23N. The number of nitrogens with zero attached hydrogens (tertiary/aromatic N) is 1. The molecule has 0 spiro atoms. The largest absolute Gasteiger partial charge is 0.344 e. The Labute approximate surface area is 161 Å². The summed E-state index contributed by atoms with van der Waals surface area (Å²) in [5.41, 5.74) is 7.70. The van der Waals surface area contributed by atoms with E-state index < -0.39 is 0 Å². The molecule has 1 heteroatoms. The molecule has 5 rings (SSSR count). The van der Waals surface area contributed by atoms with Crippen LogP contribution in [0.2, 0.25) is 0 Å². The van der Waals surface area contributed by atoms with Crippen LogP contribution < -0.4 is 4.90 Å². The van der Waals surface area contributed by atoms with Gasteiger partial charge in [-0.1, -0.05) is 85.0 Å². The Morgan fingerprint density at radius 2 is 1.30 bits per heavy atom. The Hall–Kier alpha value is -3.06. The van der Waals surface area contributed by atoms with E-state index in [1.165, 1.54) is 33.6 Å². The van der Waals surface area contributed by atoms with E-state index in [1.807, 2.05) is 0 Å². The first-order valence-electron chi connectivity index (χ1n) is 9.69. The highest BCUT2D eigenvalue weighted by molar-refractivity contribution is 5.83. The van der Waals surface area contributed by atoms with E-state index in [9.17, 15) is 0 Å². The van der Waals surface area contributed by atoms with Crippen LogP contribution in [0.25, 0.3) is 0 Å². The van der Waals surface area contributed by atoms with Gasteiger partial charge >= 0.3 is 0 Å². The highest BCUT2D eigenvalue weighted by atomic mass is 15.1. The molecule has 1 nitrogen and oxygen atoms in total. The van der Waals surface area contributed by atoms with Gasteiger partial charge < -0.3 is 4.90 Å². The molecule has 1 aliphatic heterocycles. The Morgan fingerprint density at radius 1 is 0.704 bits per heavy atom. The van der Waals surface area contributed by atoms with Crippen molar-refractivity contribution in [2.24, 2.45) is 0 Å². The molecule has 0 N–H and O–H groups in total. The molecule has 0 saturated heterocycles. The fourth-order valence-corrected chi connectivity index (χ4v) is 4.81. The zero-order valence-corrected chi connectivity index (χ0v) is 15.6. The normalized spacial score (nSPS) is 17.1. The first kappa shape index (κ1) is 16.1. The van der Waals surface area contributed by atoms with Gasteiger partial charge in [-0.2, -0.15) is 0 Å². The number of anilines is 2. The van der Waals surface area contributed by atoms with Crippen LogP contribution in [0.1, 0.15) is 29.5 Å². The smallest absolute Gasteiger partial charge is 0.0738 e. The minimum Gasteiger partial charge on any atom is -0.344 e. The lowest BCUT2D eigenvalue weighted by Gasteiger charge is -2.46. The van der Waals surface area contributed by atoms with Gasteiger partial charge in [-0.25, -0.2) is 0 Å². The number of rotatable bonds is 2. The highest BCUT2D eigenvalue weighted by Gasteiger charge is 2.45. The summed E-state index contributed by atoms with van der Waals surface area (Å²) in [6.45, 7) is 0. The Morgan fingerprint density at radius 3 is 1.89 bits per heavy atom. The van der Waals surface area contributed by atoms with Gasteiger partial charge in [-0.3, -0.25) is 0 Å². The Kier molecular flexibility index (Phi) is 3.75. The van der Waals surface area contributed by atoms with Crippen molar-refractivity contribution in [3.05, 3.63) is 119 Å². The molecule has 0 aromatic heterocycles. The van der Waals surface area contributed by atoms with Crippen LogP contribution in [-0.2, 0) is 5.41 Å². The van der Waals surface area contributed by atoms with Crippen LogP contribution in [0.4, 0.5) is 11.4 Å². The number of benzene rings is 3. The first-order chi connectivity index (χ1) is 13.3. The number of para-hydroxylation sites is 2. The van der Waals surface area contributed by atoms with Crippen molar-refractivity contribution in [2.75, 3.05) is 11.9 Å². The summed E-state index contributed by atoms with van der Waals surface area (Å²) in [5, 5.41) is 0. The van der Waals surface area contributed by atoms with Crippen molar-refractivity contribution in [3.8, 4) is 0 Å². The van der Waals surface area contributed by atoms with Gasteiger partial charge in [0.2, 0.25) is 0 Å². The van der Waals surface area contributed by atoms with Crippen LogP contribution in [0.3, 0.4) is 0 Å². The van der Waals surface area contributed by atoms with Gasteiger partial charge in [0.25, 0.3) is 0 Å². The van der Waals surface area contributed by atoms with Crippen molar-refractivity contribution in [3.63, 3.8) is 0 Å². The lowest BCUT2D eigenvalue weighted by atomic mass is 9.61. The summed E-state index contributed by atoms with van der Waals surface area (Å²) in [7, 11) is 2.18. The van der Waals surface area contributed by atoms with E-state index in [1.54, 1.807) is 0 Å². The van der Waals surface area contributed by atoms with Gasteiger partial charge in [0, 0.05) is 18.4 Å². The second kappa shape index (κ2) is 6.28. The summed E-state index contributed by atoms with van der Waals surface area (Å²) in [4.78, 5) is 2.33. The quantitative estimate of drug-likeness (QED) is 0.519. The monoisotopic (exact) mass is 349 g/mol. The second-order valence-corrected chi connectivity index (χ2v) is 7.35. The molecule has 3 aromatic rings. The van der Waals surface area contributed by atoms with Crippen molar-refractivity contribution in [1.82, 2.24) is 0 Å². The SMILES string of the molecule is CN1c2ccccc2C(C2=CCCC=C2)(c2ccccc2)c2ccccc21. The number of fused-ring (bicyclic) bond motifs is 2. The second-order valence-electron chi connectivity index (χ2n) is 7.35. The Bertz CT molecular complexity index is 995. The highest BCUT2D eigenvalue weighted by Crippen LogP contribution is 2.56. The molecule has 27 heavy (non-hydrogen) atoms. The molecule has 3 aromatic carbocycles. The molecule has 132 valence electrons. The van der Waals surface area contributed by atoms with Crippen LogP contribution in [0.15, 0.2) is 103 Å². The molecule has 0 amide bonds. The lowest BCUT2D eigenvalue weighted by molar-refractivity contribution is 0.715. The topological polar surface area (TPSA) is 3.24 Å². The maximum absolute atomic E-state index is 2.44. The first-order valence-corrected chi connectivity index (χ1v) is 9.69. The van der Waals surface area contributed by atoms with Crippen molar-refractivity contribution < 1.29 is 0 Å². The van der Waals surface area contributed by atoms with E-state index in [2.05, 4.69) is 109 Å². The van der Waals surface area contributed by atoms with E-state index in [0.717, 1.165) is 12.8 Å². The molecule has 1 heterocycles. The summed E-state index contributed by atoms with van der Waals surface area (Å²) >= 11 is 0. The summed E-state index contributed by atoms with van der Waals surface area (Å²) in [5.74, 6) is 0. The van der Waals surface area contributed by atoms with Crippen LogP contribution in [0, 0.1) is 0 Å².